The molecule has 1 saturated carbocycles. The van der Waals surface area contributed by atoms with E-state index in [2.05, 4.69) is 21.7 Å². The van der Waals surface area contributed by atoms with Gasteiger partial charge in [-0.3, -0.25) is 4.79 Å². The smallest absolute Gasteiger partial charge is 0.248 e. The lowest BCUT2D eigenvalue weighted by molar-refractivity contribution is 0.190. The van der Waals surface area contributed by atoms with Gasteiger partial charge in [-0.1, -0.05) is 19.3 Å². The van der Waals surface area contributed by atoms with E-state index in [0.717, 1.165) is 13.0 Å². The molecule has 3 rings (SSSR count). The number of fused-ring (bicyclic) bond motifs is 1. The van der Waals surface area contributed by atoms with Gasteiger partial charge in [-0.15, -0.1) is 0 Å². The van der Waals surface area contributed by atoms with Gasteiger partial charge in [-0.05, 0) is 62.5 Å². The van der Waals surface area contributed by atoms with Crippen LogP contribution in [0.25, 0.3) is 10.9 Å². The first kappa shape index (κ1) is 19.1. The molecule has 0 saturated heterocycles. The highest BCUT2D eigenvalue weighted by molar-refractivity contribution is 7.89. The number of aromatic amines is 1. The van der Waals surface area contributed by atoms with Crippen LogP contribution >= 0.6 is 0 Å². The summed E-state index contributed by atoms with van der Waals surface area (Å²) < 4.78 is 27.7. The lowest BCUT2D eigenvalue weighted by atomic mass is 9.94. The summed E-state index contributed by atoms with van der Waals surface area (Å²) in [5.74, 6) is 0. The zero-order valence-electron chi connectivity index (χ0n) is 15.2. The summed E-state index contributed by atoms with van der Waals surface area (Å²) in [6, 6.07) is 8.40. The van der Waals surface area contributed by atoms with Gasteiger partial charge in [0.15, 0.2) is 0 Å². The second-order valence-corrected chi connectivity index (χ2v) is 8.86. The molecule has 1 aliphatic carbocycles. The van der Waals surface area contributed by atoms with Crippen molar-refractivity contribution in [2.45, 2.75) is 49.5 Å². The Morgan fingerprint density at radius 1 is 1.15 bits per heavy atom. The summed E-state index contributed by atoms with van der Waals surface area (Å²) in [6.07, 6.45) is 7.23. The first-order chi connectivity index (χ1) is 12.5. The molecule has 2 aromatic rings. The predicted octanol–water partition coefficient (Wildman–Crippen LogP) is 2.46. The summed E-state index contributed by atoms with van der Waals surface area (Å²) >= 11 is 0. The Balaban J connectivity index is 1.55. The number of nitrogens with one attached hydrogen (secondary N) is 2. The van der Waals surface area contributed by atoms with Crippen LogP contribution < -0.4 is 10.3 Å². The van der Waals surface area contributed by atoms with E-state index in [-0.39, 0.29) is 10.5 Å². The highest BCUT2D eigenvalue weighted by Gasteiger charge is 2.18. The fourth-order valence-corrected chi connectivity index (χ4v) is 4.73. The zero-order chi connectivity index (χ0) is 18.6. The van der Waals surface area contributed by atoms with Crippen LogP contribution in [0.1, 0.15) is 38.5 Å². The Hall–Kier alpha value is -1.70. The highest BCUT2D eigenvalue weighted by atomic mass is 32.2. The molecule has 142 valence electrons. The number of aromatic nitrogens is 1. The molecule has 1 aromatic carbocycles. The molecule has 0 aliphatic heterocycles. The molecule has 0 atom stereocenters. The molecule has 1 aliphatic rings. The molecule has 1 aromatic heterocycles. The third-order valence-corrected chi connectivity index (χ3v) is 6.64. The van der Waals surface area contributed by atoms with Crippen molar-refractivity contribution in [1.29, 1.82) is 0 Å². The van der Waals surface area contributed by atoms with Gasteiger partial charge in [-0.2, -0.15) is 0 Å². The fraction of sp³-hybridized carbons (Fsp3) is 0.526. The summed E-state index contributed by atoms with van der Waals surface area (Å²) in [5, 5.41) is 0.699. The quantitative estimate of drug-likeness (QED) is 0.726. The maximum Gasteiger partial charge on any atom is 0.248 e. The number of hydrogen-bond donors (Lipinski definition) is 2. The Morgan fingerprint density at radius 3 is 2.69 bits per heavy atom. The minimum Gasteiger partial charge on any atom is -0.322 e. The summed E-state index contributed by atoms with van der Waals surface area (Å²) in [4.78, 5) is 16.6. The van der Waals surface area contributed by atoms with Crippen molar-refractivity contribution in [3.8, 4) is 0 Å². The minimum atomic E-state index is -3.55. The number of pyridine rings is 1. The summed E-state index contributed by atoms with van der Waals surface area (Å²) in [5.41, 5.74) is 0.430. The van der Waals surface area contributed by atoms with E-state index in [1.54, 1.807) is 18.2 Å². The van der Waals surface area contributed by atoms with Crippen LogP contribution in [0.2, 0.25) is 0 Å². The van der Waals surface area contributed by atoms with Crippen LogP contribution in [0.4, 0.5) is 0 Å². The number of hydrogen-bond acceptors (Lipinski definition) is 4. The van der Waals surface area contributed by atoms with E-state index >= 15 is 0 Å². The normalized spacial score (nSPS) is 16.4. The average Bonchev–Trinajstić information content (AvgIpc) is 2.65. The van der Waals surface area contributed by atoms with E-state index in [1.807, 2.05) is 0 Å². The van der Waals surface area contributed by atoms with E-state index < -0.39 is 10.0 Å². The standard InChI is InChI=1S/C19H27N3O3S/c1-22(16-6-3-2-4-7-16)13-5-12-20-26(24,25)17-9-10-18-15(14-17)8-11-19(23)21-18/h8-11,14,16,20H,2-7,12-13H2,1H3,(H,21,23). The maximum atomic E-state index is 12.5. The maximum absolute atomic E-state index is 12.5. The molecular formula is C19H27N3O3S. The molecule has 6 nitrogen and oxygen atoms in total. The predicted molar refractivity (Wildman–Crippen MR) is 104 cm³/mol. The van der Waals surface area contributed by atoms with Gasteiger partial charge < -0.3 is 9.88 Å². The Kier molecular flexibility index (Phi) is 6.11. The number of rotatable bonds is 7. The monoisotopic (exact) mass is 377 g/mol. The van der Waals surface area contributed by atoms with E-state index in [1.165, 1.54) is 44.2 Å². The largest absolute Gasteiger partial charge is 0.322 e. The van der Waals surface area contributed by atoms with Gasteiger partial charge >= 0.3 is 0 Å². The molecule has 1 heterocycles. The fourth-order valence-electron chi connectivity index (χ4n) is 3.62. The van der Waals surface area contributed by atoms with Gasteiger partial charge in [-0.25, -0.2) is 13.1 Å². The lowest BCUT2D eigenvalue weighted by Crippen LogP contribution is -2.35. The van der Waals surface area contributed by atoms with Crippen LogP contribution in [0.15, 0.2) is 40.0 Å². The second-order valence-electron chi connectivity index (χ2n) is 7.10. The number of benzene rings is 1. The van der Waals surface area contributed by atoms with Crippen LogP contribution in [-0.4, -0.2) is 44.5 Å². The average molecular weight is 378 g/mol. The third kappa shape index (κ3) is 4.72. The van der Waals surface area contributed by atoms with Gasteiger partial charge in [0, 0.05) is 24.2 Å². The summed E-state index contributed by atoms with van der Waals surface area (Å²) in [7, 11) is -1.41. The van der Waals surface area contributed by atoms with Crippen molar-refractivity contribution in [1.82, 2.24) is 14.6 Å². The van der Waals surface area contributed by atoms with E-state index in [0.29, 0.717) is 23.5 Å². The molecule has 0 radical (unpaired) electrons. The van der Waals surface area contributed by atoms with Crippen LogP contribution in [0.3, 0.4) is 0 Å². The molecule has 2 N–H and O–H groups in total. The lowest BCUT2D eigenvalue weighted by Gasteiger charge is -2.31. The first-order valence-corrected chi connectivity index (χ1v) is 10.8. The third-order valence-electron chi connectivity index (χ3n) is 5.18. The van der Waals surface area contributed by atoms with Crippen molar-refractivity contribution >= 4 is 20.9 Å². The molecule has 0 unspecified atom stereocenters. The van der Waals surface area contributed by atoms with Crippen LogP contribution in [0.5, 0.6) is 0 Å². The zero-order valence-corrected chi connectivity index (χ0v) is 16.0. The molecular weight excluding hydrogens is 350 g/mol. The number of sulfonamides is 1. The highest BCUT2D eigenvalue weighted by Crippen LogP contribution is 2.21. The van der Waals surface area contributed by atoms with Crippen molar-refractivity contribution in [2.24, 2.45) is 0 Å². The van der Waals surface area contributed by atoms with Gasteiger partial charge in [0.05, 0.1) is 4.90 Å². The Labute approximate surface area is 154 Å². The Bertz CT molecular complexity index is 902. The molecule has 26 heavy (non-hydrogen) atoms. The molecule has 0 bridgehead atoms. The Morgan fingerprint density at radius 2 is 1.92 bits per heavy atom. The second kappa shape index (κ2) is 8.33. The van der Waals surface area contributed by atoms with Crippen molar-refractivity contribution in [3.63, 3.8) is 0 Å². The van der Waals surface area contributed by atoms with Crippen molar-refractivity contribution in [2.75, 3.05) is 20.1 Å². The number of H-pyrrole nitrogens is 1. The van der Waals surface area contributed by atoms with Gasteiger partial charge in [0.25, 0.3) is 0 Å². The van der Waals surface area contributed by atoms with Crippen LogP contribution in [0, 0.1) is 0 Å². The topological polar surface area (TPSA) is 82.3 Å². The van der Waals surface area contributed by atoms with Gasteiger partial charge in [0.2, 0.25) is 15.6 Å². The molecule has 1 fully saturated rings. The van der Waals surface area contributed by atoms with Crippen LogP contribution in [-0.2, 0) is 10.0 Å². The minimum absolute atomic E-state index is 0.201. The molecule has 0 spiro atoms. The number of nitrogens with zero attached hydrogens (tertiary/aromatic N) is 1. The molecule has 7 heteroatoms. The SMILES string of the molecule is CN(CCCNS(=O)(=O)c1ccc2[nH]c(=O)ccc2c1)C1CCCCC1. The van der Waals surface area contributed by atoms with Gasteiger partial charge in [0.1, 0.15) is 0 Å². The van der Waals surface area contributed by atoms with Crippen molar-refractivity contribution in [3.05, 3.63) is 40.7 Å². The first-order valence-electron chi connectivity index (χ1n) is 9.29. The van der Waals surface area contributed by atoms with E-state index in [4.69, 9.17) is 0 Å². The van der Waals surface area contributed by atoms with E-state index in [9.17, 15) is 13.2 Å². The molecule has 0 amide bonds. The summed E-state index contributed by atoms with van der Waals surface area (Å²) in [6.45, 7) is 1.31. The van der Waals surface area contributed by atoms with Crippen molar-refractivity contribution < 1.29 is 8.42 Å².